The molecule has 25 heavy (non-hydrogen) atoms. The van der Waals surface area contributed by atoms with Gasteiger partial charge in [-0.1, -0.05) is 30.3 Å². The number of amides is 2. The largest absolute Gasteiger partial charge is 0.379 e. The molecule has 0 aliphatic carbocycles. The van der Waals surface area contributed by atoms with Crippen LogP contribution in [0.1, 0.15) is 32.3 Å². The molecule has 0 saturated carbocycles. The van der Waals surface area contributed by atoms with E-state index in [9.17, 15) is 4.79 Å². The number of ether oxygens (including phenoxy) is 1. The molecule has 0 spiro atoms. The summed E-state index contributed by atoms with van der Waals surface area (Å²) in [7, 11) is 0. The number of benzene rings is 1. The maximum Gasteiger partial charge on any atom is 0.319 e. The van der Waals surface area contributed by atoms with Crippen LogP contribution in [0.3, 0.4) is 0 Å². The Morgan fingerprint density at radius 1 is 1.04 bits per heavy atom. The summed E-state index contributed by atoms with van der Waals surface area (Å²) in [6.07, 6.45) is 1.98. The lowest BCUT2D eigenvalue weighted by atomic mass is 9.79. The monoisotopic (exact) mass is 345 g/mol. The molecule has 3 rings (SSSR count). The van der Waals surface area contributed by atoms with Crippen molar-refractivity contribution in [3.05, 3.63) is 35.9 Å². The van der Waals surface area contributed by atoms with Crippen molar-refractivity contribution in [3.63, 3.8) is 0 Å². The van der Waals surface area contributed by atoms with Crippen molar-refractivity contribution in [1.82, 2.24) is 14.7 Å². The summed E-state index contributed by atoms with van der Waals surface area (Å²) in [4.78, 5) is 19.2. The molecule has 0 aromatic heterocycles. The van der Waals surface area contributed by atoms with Gasteiger partial charge in [0.1, 0.15) is 0 Å². The number of hydrogen-bond donors (Lipinski definition) is 0. The minimum Gasteiger partial charge on any atom is -0.379 e. The molecule has 0 bridgehead atoms. The van der Waals surface area contributed by atoms with Crippen LogP contribution in [0.5, 0.6) is 0 Å². The van der Waals surface area contributed by atoms with Crippen molar-refractivity contribution >= 4 is 6.03 Å². The topological polar surface area (TPSA) is 36.0 Å². The number of piperidine rings is 1. The number of likely N-dealkylation sites (tertiary alicyclic amines) is 1. The van der Waals surface area contributed by atoms with E-state index in [4.69, 9.17) is 4.74 Å². The summed E-state index contributed by atoms with van der Waals surface area (Å²) in [5.74, 6) is 0. The highest BCUT2D eigenvalue weighted by Crippen LogP contribution is 2.39. The first kappa shape index (κ1) is 18.2. The lowest BCUT2D eigenvalue weighted by Crippen LogP contribution is -2.58. The zero-order chi connectivity index (χ0) is 17.7. The van der Waals surface area contributed by atoms with Crippen LogP contribution in [0.4, 0.5) is 4.79 Å². The van der Waals surface area contributed by atoms with Crippen molar-refractivity contribution in [1.29, 1.82) is 0 Å². The van der Waals surface area contributed by atoms with Crippen LogP contribution >= 0.6 is 0 Å². The summed E-state index contributed by atoms with van der Waals surface area (Å²) in [6.45, 7) is 10.8. The van der Waals surface area contributed by atoms with E-state index >= 15 is 0 Å². The van der Waals surface area contributed by atoms with Gasteiger partial charge in [-0.2, -0.15) is 0 Å². The van der Waals surface area contributed by atoms with Gasteiger partial charge in [0.15, 0.2) is 0 Å². The van der Waals surface area contributed by atoms with Gasteiger partial charge in [0.25, 0.3) is 0 Å². The van der Waals surface area contributed by atoms with E-state index in [1.54, 1.807) is 0 Å². The van der Waals surface area contributed by atoms with Crippen LogP contribution < -0.4 is 0 Å². The smallest absolute Gasteiger partial charge is 0.319 e. The Kier molecular flexibility index (Phi) is 5.97. The summed E-state index contributed by atoms with van der Waals surface area (Å²) >= 11 is 0. The van der Waals surface area contributed by atoms with Crippen LogP contribution in [0, 0.1) is 0 Å². The third-order valence-electron chi connectivity index (χ3n) is 5.82. The lowest BCUT2D eigenvalue weighted by Gasteiger charge is -2.50. The number of rotatable bonds is 4. The number of hydrogen-bond acceptors (Lipinski definition) is 3. The molecule has 2 aliphatic rings. The van der Waals surface area contributed by atoms with E-state index in [2.05, 4.69) is 35.2 Å². The van der Waals surface area contributed by atoms with Crippen molar-refractivity contribution < 1.29 is 9.53 Å². The highest BCUT2D eigenvalue weighted by molar-refractivity contribution is 5.74. The molecule has 0 N–H and O–H groups in total. The van der Waals surface area contributed by atoms with Crippen LogP contribution in [0.15, 0.2) is 30.3 Å². The third-order valence-corrected chi connectivity index (χ3v) is 5.82. The van der Waals surface area contributed by atoms with Crippen LogP contribution in [-0.2, 0) is 10.3 Å². The van der Waals surface area contributed by atoms with Gasteiger partial charge < -0.3 is 14.5 Å². The molecule has 0 atom stereocenters. The van der Waals surface area contributed by atoms with Crippen molar-refractivity contribution in [2.75, 3.05) is 52.5 Å². The van der Waals surface area contributed by atoms with Crippen molar-refractivity contribution in [2.45, 2.75) is 32.2 Å². The Balaban J connectivity index is 1.78. The molecule has 1 aromatic rings. The molecule has 2 amide bonds. The molecule has 1 aromatic carbocycles. The van der Waals surface area contributed by atoms with Gasteiger partial charge in [-0.25, -0.2) is 4.79 Å². The summed E-state index contributed by atoms with van der Waals surface area (Å²) in [5, 5.41) is 0. The van der Waals surface area contributed by atoms with E-state index in [0.29, 0.717) is 0 Å². The van der Waals surface area contributed by atoms with E-state index in [1.807, 2.05) is 23.6 Å². The SMILES string of the molecule is CCN(CC)C(=O)N1CCC(c2ccccc2)(N2CCOCC2)CC1. The van der Waals surface area contributed by atoms with Crippen LogP contribution in [0.25, 0.3) is 0 Å². The Labute approximate surface area is 151 Å². The van der Waals surface area contributed by atoms with Gasteiger partial charge in [0, 0.05) is 44.8 Å². The number of nitrogens with zero attached hydrogens (tertiary/aromatic N) is 3. The minimum atomic E-state index is 0.0328. The molecule has 0 radical (unpaired) electrons. The molecular formula is C20H31N3O2. The minimum absolute atomic E-state index is 0.0328. The number of urea groups is 1. The van der Waals surface area contributed by atoms with Gasteiger partial charge in [-0.3, -0.25) is 4.90 Å². The number of carbonyl (C=O) groups excluding carboxylic acids is 1. The molecule has 2 aliphatic heterocycles. The molecule has 138 valence electrons. The first-order valence-corrected chi connectivity index (χ1v) is 9.63. The zero-order valence-electron chi connectivity index (χ0n) is 15.6. The maximum atomic E-state index is 12.7. The summed E-state index contributed by atoms with van der Waals surface area (Å²) < 4.78 is 5.58. The first-order valence-electron chi connectivity index (χ1n) is 9.63. The standard InChI is InChI=1S/C20H31N3O2/c1-3-21(4-2)19(24)22-12-10-20(11-13-22,18-8-6-5-7-9-18)23-14-16-25-17-15-23/h5-9H,3-4,10-17H2,1-2H3. The third kappa shape index (κ3) is 3.67. The lowest BCUT2D eigenvalue weighted by molar-refractivity contribution is -0.0479. The Hall–Kier alpha value is -1.59. The number of carbonyl (C=O) groups is 1. The molecule has 5 nitrogen and oxygen atoms in total. The normalized spacial score (nSPS) is 21.1. The molecule has 2 heterocycles. The van der Waals surface area contributed by atoms with Crippen LogP contribution in [0.2, 0.25) is 0 Å². The second-order valence-electron chi connectivity index (χ2n) is 6.94. The van der Waals surface area contributed by atoms with Gasteiger partial charge >= 0.3 is 6.03 Å². The maximum absolute atomic E-state index is 12.7. The molecular weight excluding hydrogens is 314 g/mol. The second-order valence-corrected chi connectivity index (χ2v) is 6.94. The quantitative estimate of drug-likeness (QED) is 0.842. The number of morpholine rings is 1. The van der Waals surface area contributed by atoms with E-state index in [0.717, 1.165) is 65.3 Å². The predicted octanol–water partition coefficient (Wildman–Crippen LogP) is 2.77. The Morgan fingerprint density at radius 2 is 1.64 bits per heavy atom. The fourth-order valence-corrected chi connectivity index (χ4v) is 4.29. The second kappa shape index (κ2) is 8.19. The summed E-state index contributed by atoms with van der Waals surface area (Å²) in [5.41, 5.74) is 1.41. The van der Waals surface area contributed by atoms with E-state index in [1.165, 1.54) is 5.56 Å². The average molecular weight is 345 g/mol. The van der Waals surface area contributed by atoms with Crippen LogP contribution in [-0.4, -0.2) is 73.2 Å². The highest BCUT2D eigenvalue weighted by Gasteiger charge is 2.42. The fraction of sp³-hybridized carbons (Fsp3) is 0.650. The average Bonchev–Trinajstić information content (AvgIpc) is 2.70. The molecule has 2 saturated heterocycles. The highest BCUT2D eigenvalue weighted by atomic mass is 16.5. The van der Waals surface area contributed by atoms with Crippen molar-refractivity contribution in [2.24, 2.45) is 0 Å². The molecule has 0 unspecified atom stereocenters. The fourth-order valence-electron chi connectivity index (χ4n) is 4.29. The predicted molar refractivity (Wildman–Crippen MR) is 99.6 cm³/mol. The van der Waals surface area contributed by atoms with E-state index in [-0.39, 0.29) is 11.6 Å². The van der Waals surface area contributed by atoms with Gasteiger partial charge in [-0.15, -0.1) is 0 Å². The Morgan fingerprint density at radius 3 is 2.20 bits per heavy atom. The van der Waals surface area contributed by atoms with E-state index < -0.39 is 0 Å². The van der Waals surface area contributed by atoms with Gasteiger partial charge in [0.2, 0.25) is 0 Å². The Bertz CT molecular complexity index is 545. The summed E-state index contributed by atoms with van der Waals surface area (Å²) in [6, 6.07) is 11.0. The molecule has 5 heteroatoms. The molecule has 2 fully saturated rings. The van der Waals surface area contributed by atoms with Crippen molar-refractivity contribution in [3.8, 4) is 0 Å². The van der Waals surface area contributed by atoms with Gasteiger partial charge in [-0.05, 0) is 32.3 Å². The van der Waals surface area contributed by atoms with Gasteiger partial charge in [0.05, 0.1) is 13.2 Å². The first-order chi connectivity index (χ1) is 12.2. The zero-order valence-corrected chi connectivity index (χ0v) is 15.6.